The molecular formula is C16H14N4O3. The highest BCUT2D eigenvalue weighted by molar-refractivity contribution is 5.80. The van der Waals surface area contributed by atoms with Gasteiger partial charge in [0.05, 0.1) is 13.2 Å². The van der Waals surface area contributed by atoms with Crippen LogP contribution in [0.15, 0.2) is 23.0 Å². The van der Waals surface area contributed by atoms with Crippen molar-refractivity contribution in [2.75, 3.05) is 12.3 Å². The fourth-order valence-electron chi connectivity index (χ4n) is 2.29. The van der Waals surface area contributed by atoms with Crippen molar-refractivity contribution < 1.29 is 9.84 Å². The lowest BCUT2D eigenvalue weighted by atomic mass is 9.95. The molecule has 2 rings (SSSR count). The number of aliphatic hydroxyl groups is 1. The summed E-state index contributed by atoms with van der Waals surface area (Å²) in [6.45, 7) is 1.96. The normalized spacial score (nSPS) is 9.91. The first-order valence-corrected chi connectivity index (χ1v) is 6.80. The highest BCUT2D eigenvalue weighted by atomic mass is 16.5. The number of nitrogens with zero attached hydrogens (tertiary/aromatic N) is 2. The molecule has 23 heavy (non-hydrogen) atoms. The van der Waals surface area contributed by atoms with Crippen LogP contribution in [0.25, 0.3) is 11.1 Å². The number of nitrogens with two attached hydrogens (primary N) is 1. The molecule has 0 unspecified atom stereocenters. The predicted octanol–water partition coefficient (Wildman–Crippen LogP) is 1.26. The van der Waals surface area contributed by atoms with Crippen LogP contribution in [-0.4, -0.2) is 16.7 Å². The molecule has 0 radical (unpaired) electrons. The molecule has 0 amide bonds. The Morgan fingerprint density at radius 1 is 1.30 bits per heavy atom. The Morgan fingerprint density at radius 2 is 2.00 bits per heavy atom. The Morgan fingerprint density at radius 3 is 2.57 bits per heavy atom. The summed E-state index contributed by atoms with van der Waals surface area (Å²) in [5.74, 6) is 0.388. The zero-order valence-corrected chi connectivity index (χ0v) is 12.4. The van der Waals surface area contributed by atoms with Crippen molar-refractivity contribution in [2.24, 2.45) is 0 Å². The number of aromatic amines is 1. The number of benzene rings is 1. The maximum atomic E-state index is 11.9. The molecule has 0 fully saturated rings. The van der Waals surface area contributed by atoms with Crippen molar-refractivity contribution in [1.29, 1.82) is 10.5 Å². The van der Waals surface area contributed by atoms with Gasteiger partial charge in [0.1, 0.15) is 34.8 Å². The molecule has 2 aromatic rings. The average Bonchev–Trinajstić information content (AvgIpc) is 2.55. The number of aliphatic hydroxyl groups excluding tert-OH is 1. The molecule has 7 heteroatoms. The van der Waals surface area contributed by atoms with E-state index in [2.05, 4.69) is 4.98 Å². The summed E-state index contributed by atoms with van der Waals surface area (Å²) in [5, 5.41) is 28.0. The minimum absolute atomic E-state index is 0.00852. The van der Waals surface area contributed by atoms with E-state index in [9.17, 15) is 20.4 Å². The summed E-state index contributed by atoms with van der Waals surface area (Å²) in [6, 6.07) is 8.50. The lowest BCUT2D eigenvalue weighted by molar-refractivity contribution is 0.267. The zero-order valence-electron chi connectivity index (χ0n) is 12.4. The Labute approximate surface area is 132 Å². The molecular weight excluding hydrogens is 296 g/mol. The number of hydrogen-bond donors (Lipinski definition) is 3. The smallest absolute Gasteiger partial charge is 0.268 e. The highest BCUT2D eigenvalue weighted by Gasteiger charge is 2.19. The number of ether oxygens (including phenoxy) is 1. The molecule has 0 saturated carbocycles. The van der Waals surface area contributed by atoms with Gasteiger partial charge in [-0.1, -0.05) is 6.07 Å². The standard InChI is InChI=1S/C16H14N4O3/c1-2-23-13-4-3-9(5-10(13)8-21)14-11(6-17)15(19)20-16(22)12(14)7-18/h3-5,21H,2,8H2,1H3,(H3,19,20,22). The van der Waals surface area contributed by atoms with Gasteiger partial charge in [0, 0.05) is 11.1 Å². The van der Waals surface area contributed by atoms with E-state index in [1.807, 2.05) is 13.0 Å². The van der Waals surface area contributed by atoms with Gasteiger partial charge in [-0.2, -0.15) is 10.5 Å². The number of nitrogens with one attached hydrogen (secondary N) is 1. The lowest BCUT2D eigenvalue weighted by Gasteiger charge is -2.13. The Hall–Kier alpha value is -3.29. The second-order valence-electron chi connectivity index (χ2n) is 4.63. The Balaban J connectivity index is 2.79. The number of aromatic nitrogens is 1. The predicted molar refractivity (Wildman–Crippen MR) is 83.4 cm³/mol. The SMILES string of the molecule is CCOc1ccc(-c2c(C#N)c(N)[nH]c(=O)c2C#N)cc1CO. The number of H-pyrrole nitrogens is 1. The van der Waals surface area contributed by atoms with E-state index in [-0.39, 0.29) is 29.1 Å². The lowest BCUT2D eigenvalue weighted by Crippen LogP contribution is -2.16. The molecule has 0 spiro atoms. The van der Waals surface area contributed by atoms with Gasteiger partial charge in [-0.3, -0.25) is 4.79 Å². The highest BCUT2D eigenvalue weighted by Crippen LogP contribution is 2.31. The molecule has 0 aliphatic carbocycles. The van der Waals surface area contributed by atoms with E-state index in [1.54, 1.807) is 24.3 Å². The van der Waals surface area contributed by atoms with E-state index in [0.29, 0.717) is 23.5 Å². The number of nitriles is 2. The van der Waals surface area contributed by atoms with Crippen LogP contribution in [0, 0.1) is 22.7 Å². The molecule has 1 aromatic carbocycles. The van der Waals surface area contributed by atoms with Crippen LogP contribution >= 0.6 is 0 Å². The quantitative estimate of drug-likeness (QED) is 0.777. The van der Waals surface area contributed by atoms with Gasteiger partial charge in [-0.05, 0) is 24.6 Å². The molecule has 7 nitrogen and oxygen atoms in total. The third-order valence-electron chi connectivity index (χ3n) is 3.29. The number of nitrogen functional groups attached to an aromatic ring is 1. The number of rotatable bonds is 4. The first-order chi connectivity index (χ1) is 11.1. The molecule has 0 saturated heterocycles. The fourth-order valence-corrected chi connectivity index (χ4v) is 2.29. The molecule has 0 atom stereocenters. The number of pyridine rings is 1. The molecule has 0 aliphatic heterocycles. The number of hydrogen-bond acceptors (Lipinski definition) is 6. The molecule has 1 aromatic heterocycles. The van der Waals surface area contributed by atoms with Gasteiger partial charge >= 0.3 is 0 Å². The monoisotopic (exact) mass is 310 g/mol. The van der Waals surface area contributed by atoms with E-state index in [0.717, 1.165) is 0 Å². The van der Waals surface area contributed by atoms with Crippen LogP contribution in [0.5, 0.6) is 5.75 Å². The van der Waals surface area contributed by atoms with Gasteiger partial charge < -0.3 is 20.6 Å². The minimum Gasteiger partial charge on any atom is -0.494 e. The van der Waals surface area contributed by atoms with Gasteiger partial charge in [-0.15, -0.1) is 0 Å². The van der Waals surface area contributed by atoms with Crippen molar-refractivity contribution in [3.8, 4) is 29.0 Å². The Kier molecular flexibility index (Phi) is 4.65. The molecule has 0 aliphatic rings. The molecule has 116 valence electrons. The zero-order chi connectivity index (χ0) is 17.0. The second-order valence-corrected chi connectivity index (χ2v) is 4.63. The van der Waals surface area contributed by atoms with E-state index >= 15 is 0 Å². The minimum atomic E-state index is -0.668. The summed E-state index contributed by atoms with van der Waals surface area (Å²) >= 11 is 0. The van der Waals surface area contributed by atoms with Crippen LogP contribution in [-0.2, 0) is 6.61 Å². The van der Waals surface area contributed by atoms with Gasteiger partial charge in [-0.25, -0.2) is 0 Å². The third-order valence-corrected chi connectivity index (χ3v) is 3.29. The topological polar surface area (TPSA) is 136 Å². The summed E-state index contributed by atoms with van der Waals surface area (Å²) in [4.78, 5) is 14.2. The fraction of sp³-hybridized carbons (Fsp3) is 0.188. The van der Waals surface area contributed by atoms with Crippen molar-refractivity contribution in [3.05, 3.63) is 45.2 Å². The summed E-state index contributed by atoms with van der Waals surface area (Å²) in [5.41, 5.74) is 5.88. The van der Waals surface area contributed by atoms with Crippen molar-refractivity contribution in [1.82, 2.24) is 4.98 Å². The van der Waals surface area contributed by atoms with Crippen LogP contribution in [0.1, 0.15) is 23.6 Å². The number of anilines is 1. The second kappa shape index (κ2) is 6.65. The maximum absolute atomic E-state index is 11.9. The first-order valence-electron chi connectivity index (χ1n) is 6.80. The average molecular weight is 310 g/mol. The van der Waals surface area contributed by atoms with E-state index < -0.39 is 5.56 Å². The van der Waals surface area contributed by atoms with Crippen LogP contribution in [0.3, 0.4) is 0 Å². The third kappa shape index (κ3) is 2.86. The van der Waals surface area contributed by atoms with Gasteiger partial charge in [0.2, 0.25) is 0 Å². The summed E-state index contributed by atoms with van der Waals surface area (Å²) < 4.78 is 5.40. The molecule has 4 N–H and O–H groups in total. The van der Waals surface area contributed by atoms with Crippen molar-refractivity contribution >= 4 is 5.82 Å². The first kappa shape index (κ1) is 16.1. The maximum Gasteiger partial charge on any atom is 0.268 e. The largest absolute Gasteiger partial charge is 0.494 e. The van der Waals surface area contributed by atoms with Crippen LogP contribution < -0.4 is 16.0 Å². The van der Waals surface area contributed by atoms with Gasteiger partial charge in [0.25, 0.3) is 5.56 Å². The van der Waals surface area contributed by atoms with E-state index in [1.165, 1.54) is 0 Å². The van der Waals surface area contributed by atoms with Gasteiger partial charge in [0.15, 0.2) is 0 Å². The molecule has 0 bridgehead atoms. The summed E-state index contributed by atoms with van der Waals surface area (Å²) in [7, 11) is 0. The van der Waals surface area contributed by atoms with Crippen molar-refractivity contribution in [3.63, 3.8) is 0 Å². The summed E-state index contributed by atoms with van der Waals surface area (Å²) in [6.07, 6.45) is 0. The van der Waals surface area contributed by atoms with E-state index in [4.69, 9.17) is 10.5 Å². The molecule has 1 heterocycles. The van der Waals surface area contributed by atoms with Crippen molar-refractivity contribution in [2.45, 2.75) is 13.5 Å². The van der Waals surface area contributed by atoms with Crippen LogP contribution in [0.4, 0.5) is 5.82 Å². The van der Waals surface area contributed by atoms with Crippen LogP contribution in [0.2, 0.25) is 0 Å². The Bertz CT molecular complexity index is 888.